The van der Waals surface area contributed by atoms with Gasteiger partial charge in [-0.2, -0.15) is 0 Å². The monoisotopic (exact) mass is 310 g/mol. The average Bonchev–Trinajstić information content (AvgIpc) is 2.38. The van der Waals surface area contributed by atoms with E-state index in [-0.39, 0.29) is 0 Å². The summed E-state index contributed by atoms with van der Waals surface area (Å²) in [5.41, 5.74) is 2.25. The Morgan fingerprint density at radius 3 is 2.58 bits per heavy atom. The molecule has 0 atom stereocenters. The lowest BCUT2D eigenvalue weighted by atomic mass is 10.2. The van der Waals surface area contributed by atoms with Gasteiger partial charge in [0.15, 0.2) is 0 Å². The molecule has 2 nitrogen and oxygen atoms in total. The molecular weight excluding hydrogens is 296 g/mol. The Labute approximate surface area is 127 Å². The van der Waals surface area contributed by atoms with Crippen LogP contribution < -0.4 is 0 Å². The van der Waals surface area contributed by atoms with E-state index in [1.165, 1.54) is 4.90 Å². The Balaban J connectivity index is 2.12. The molecule has 0 aliphatic rings. The lowest BCUT2D eigenvalue weighted by Crippen LogP contribution is -2.01. The molecule has 1 N–H and O–H groups in total. The molecule has 0 saturated heterocycles. The summed E-state index contributed by atoms with van der Waals surface area (Å²) in [6.07, 6.45) is 0.915. The molecule has 0 amide bonds. The molecule has 5 heteroatoms. The summed E-state index contributed by atoms with van der Waals surface area (Å²) in [5, 5.41) is 0.755. The van der Waals surface area contributed by atoms with E-state index in [0.29, 0.717) is 4.64 Å². The number of aryl methyl sites for hydroxylation is 1. The minimum Gasteiger partial charge on any atom is -0.346 e. The molecule has 0 fully saturated rings. The number of rotatable bonds is 4. The van der Waals surface area contributed by atoms with Crippen molar-refractivity contribution in [1.82, 2.24) is 9.97 Å². The highest BCUT2D eigenvalue weighted by molar-refractivity contribution is 7.98. The van der Waals surface area contributed by atoms with Crippen LogP contribution in [-0.4, -0.2) is 9.97 Å². The van der Waals surface area contributed by atoms with Crippen molar-refractivity contribution in [3.63, 3.8) is 0 Å². The Morgan fingerprint density at radius 2 is 2.00 bits per heavy atom. The van der Waals surface area contributed by atoms with Crippen molar-refractivity contribution in [3.8, 4) is 0 Å². The van der Waals surface area contributed by atoms with Gasteiger partial charge < -0.3 is 4.98 Å². The molecule has 0 aliphatic carbocycles. The van der Waals surface area contributed by atoms with Crippen LogP contribution in [0.4, 0.5) is 0 Å². The van der Waals surface area contributed by atoms with Gasteiger partial charge in [-0.15, -0.1) is 11.8 Å². The van der Waals surface area contributed by atoms with Gasteiger partial charge in [-0.1, -0.05) is 30.7 Å². The van der Waals surface area contributed by atoms with Gasteiger partial charge >= 0.3 is 0 Å². The summed E-state index contributed by atoms with van der Waals surface area (Å²) in [5.74, 6) is 1.69. The largest absolute Gasteiger partial charge is 0.346 e. The van der Waals surface area contributed by atoms with Crippen molar-refractivity contribution in [2.75, 3.05) is 0 Å². The number of hydrogen-bond acceptors (Lipinski definition) is 3. The Morgan fingerprint density at radius 1 is 1.32 bits per heavy atom. The molecule has 19 heavy (non-hydrogen) atoms. The predicted octanol–water partition coefficient (Wildman–Crippen LogP) is 4.96. The average molecular weight is 311 g/mol. The molecule has 0 aliphatic heterocycles. The van der Waals surface area contributed by atoms with Crippen molar-refractivity contribution in [1.29, 1.82) is 0 Å². The van der Waals surface area contributed by atoms with Crippen LogP contribution in [0.2, 0.25) is 5.02 Å². The number of thioether (sulfide) groups is 1. The number of nitrogens with zero attached hydrogens (tertiary/aromatic N) is 1. The van der Waals surface area contributed by atoms with Crippen LogP contribution in [0.1, 0.15) is 24.0 Å². The third-order valence-electron chi connectivity index (χ3n) is 2.82. The Bertz CT molecular complexity index is 620. The smallest absolute Gasteiger partial charge is 0.133 e. The van der Waals surface area contributed by atoms with Gasteiger partial charge in [0.05, 0.1) is 5.75 Å². The predicted molar refractivity (Wildman–Crippen MR) is 84.5 cm³/mol. The second-order valence-corrected chi connectivity index (χ2v) is 6.06. The fourth-order valence-electron chi connectivity index (χ4n) is 1.84. The van der Waals surface area contributed by atoms with E-state index >= 15 is 0 Å². The highest BCUT2D eigenvalue weighted by Crippen LogP contribution is 2.23. The lowest BCUT2D eigenvalue weighted by Gasteiger charge is -2.07. The number of H-pyrrole nitrogens is 1. The van der Waals surface area contributed by atoms with Crippen molar-refractivity contribution < 1.29 is 0 Å². The molecule has 0 saturated carbocycles. The summed E-state index contributed by atoms with van der Waals surface area (Å²) in [6, 6.07) is 7.81. The van der Waals surface area contributed by atoms with E-state index < -0.39 is 0 Å². The first kappa shape index (κ1) is 14.6. The maximum atomic E-state index is 5.86. The minimum atomic E-state index is 0.713. The van der Waals surface area contributed by atoms with E-state index in [9.17, 15) is 0 Å². The third kappa shape index (κ3) is 3.81. The SMILES string of the molecule is CCc1c(C)[nH]c(CSc2ccc(Cl)cc2)nc1=S. The van der Waals surface area contributed by atoms with Gasteiger partial charge in [-0.05, 0) is 37.6 Å². The summed E-state index contributed by atoms with van der Waals surface area (Å²) in [4.78, 5) is 8.94. The van der Waals surface area contributed by atoms with Crippen molar-refractivity contribution in [3.05, 3.63) is 51.0 Å². The molecule has 100 valence electrons. The Kier molecular flexibility index (Phi) is 5.02. The van der Waals surface area contributed by atoms with Crippen LogP contribution in [0, 0.1) is 11.6 Å². The van der Waals surface area contributed by atoms with Crippen molar-refractivity contribution in [2.45, 2.75) is 30.9 Å². The zero-order valence-electron chi connectivity index (χ0n) is 10.9. The van der Waals surface area contributed by atoms with E-state index in [2.05, 4.69) is 16.9 Å². The number of hydrogen-bond donors (Lipinski definition) is 1. The first-order chi connectivity index (χ1) is 9.10. The van der Waals surface area contributed by atoms with Crippen LogP contribution in [0.5, 0.6) is 0 Å². The van der Waals surface area contributed by atoms with Crippen LogP contribution in [-0.2, 0) is 12.2 Å². The van der Waals surface area contributed by atoms with Gasteiger partial charge in [0.2, 0.25) is 0 Å². The van der Waals surface area contributed by atoms with Crippen molar-refractivity contribution in [2.24, 2.45) is 0 Å². The summed E-state index contributed by atoms with van der Waals surface area (Å²) in [7, 11) is 0. The maximum absolute atomic E-state index is 5.86. The van der Waals surface area contributed by atoms with E-state index in [4.69, 9.17) is 23.8 Å². The van der Waals surface area contributed by atoms with Gasteiger partial charge in [0.1, 0.15) is 10.5 Å². The number of aromatic amines is 1. The molecule has 0 radical (unpaired) electrons. The molecule has 1 aromatic heterocycles. The molecular formula is C14H15ClN2S2. The number of benzene rings is 1. The van der Waals surface area contributed by atoms with E-state index in [1.54, 1.807) is 11.8 Å². The third-order valence-corrected chi connectivity index (χ3v) is 4.43. The topological polar surface area (TPSA) is 28.7 Å². The van der Waals surface area contributed by atoms with E-state index in [1.807, 2.05) is 31.2 Å². The first-order valence-electron chi connectivity index (χ1n) is 6.07. The van der Waals surface area contributed by atoms with E-state index in [0.717, 1.165) is 34.3 Å². The second-order valence-electron chi connectivity index (χ2n) is 4.19. The van der Waals surface area contributed by atoms with Gasteiger partial charge in [0.25, 0.3) is 0 Å². The second kappa shape index (κ2) is 6.55. The normalized spacial score (nSPS) is 10.7. The minimum absolute atomic E-state index is 0.713. The highest BCUT2D eigenvalue weighted by atomic mass is 35.5. The fraction of sp³-hybridized carbons (Fsp3) is 0.286. The summed E-state index contributed by atoms with van der Waals surface area (Å²) in [6.45, 7) is 4.14. The number of nitrogens with one attached hydrogen (secondary N) is 1. The zero-order chi connectivity index (χ0) is 13.8. The first-order valence-corrected chi connectivity index (χ1v) is 7.84. The Hall–Kier alpha value is -0.840. The van der Waals surface area contributed by atoms with Gasteiger partial charge in [-0.3, -0.25) is 0 Å². The number of aromatic nitrogens is 2. The highest BCUT2D eigenvalue weighted by Gasteiger charge is 2.04. The molecule has 1 aromatic carbocycles. The van der Waals surface area contributed by atoms with Crippen LogP contribution in [0.15, 0.2) is 29.2 Å². The molecule has 0 spiro atoms. The van der Waals surface area contributed by atoms with Crippen LogP contribution >= 0.6 is 35.6 Å². The van der Waals surface area contributed by atoms with Crippen molar-refractivity contribution >= 4 is 35.6 Å². The molecule has 1 heterocycles. The summed E-state index contributed by atoms with van der Waals surface area (Å²) < 4.78 is 0.713. The maximum Gasteiger partial charge on any atom is 0.133 e. The van der Waals surface area contributed by atoms with Crippen LogP contribution in [0.3, 0.4) is 0 Å². The quantitative estimate of drug-likeness (QED) is 0.639. The lowest BCUT2D eigenvalue weighted by molar-refractivity contribution is 0.927. The van der Waals surface area contributed by atoms with Gasteiger partial charge in [0, 0.05) is 21.2 Å². The van der Waals surface area contributed by atoms with Gasteiger partial charge in [-0.25, -0.2) is 4.98 Å². The fourth-order valence-corrected chi connectivity index (χ4v) is 3.14. The zero-order valence-corrected chi connectivity index (χ0v) is 13.3. The molecule has 0 unspecified atom stereocenters. The summed E-state index contributed by atoms with van der Waals surface area (Å²) >= 11 is 12.9. The standard InChI is InChI=1S/C14H15ClN2S2/c1-3-12-9(2)16-13(17-14(12)18)8-19-11-6-4-10(15)5-7-11/h4-7H,3,8H2,1-2H3,(H,16,17,18). The molecule has 2 rings (SSSR count). The number of halogens is 1. The molecule has 0 bridgehead atoms. The van der Waals surface area contributed by atoms with Crippen LogP contribution in [0.25, 0.3) is 0 Å². The molecule has 2 aromatic rings.